The van der Waals surface area contributed by atoms with Crippen LogP contribution in [0.25, 0.3) is 0 Å². The molecule has 5 nitrogen and oxygen atoms in total. The molecule has 0 saturated carbocycles. The van der Waals surface area contributed by atoms with Gasteiger partial charge in [0.1, 0.15) is 0 Å². The average Bonchev–Trinajstić information content (AvgIpc) is 2.71. The zero-order valence-corrected chi connectivity index (χ0v) is 16.0. The van der Waals surface area contributed by atoms with E-state index >= 15 is 0 Å². The third kappa shape index (κ3) is 4.05. The van der Waals surface area contributed by atoms with Gasteiger partial charge in [-0.25, -0.2) is 8.42 Å². The Labute approximate surface area is 160 Å². The van der Waals surface area contributed by atoms with E-state index in [1.165, 1.54) is 23.3 Å². The second-order valence-corrected chi connectivity index (χ2v) is 8.35. The predicted molar refractivity (Wildman–Crippen MR) is 105 cm³/mol. The highest BCUT2D eigenvalue weighted by atomic mass is 32.2. The monoisotopic (exact) mass is 382 g/mol. The van der Waals surface area contributed by atoms with E-state index in [4.69, 9.17) is 6.42 Å². The Morgan fingerprint density at radius 3 is 2.81 bits per heavy atom. The molecule has 0 spiro atoms. The van der Waals surface area contributed by atoms with Crippen LogP contribution < -0.4 is 4.72 Å². The minimum Gasteiger partial charge on any atom is -0.335 e. The SMILES string of the molecule is C#CCNS(=O)(=O)c1cccc(C(=O)N(C)C2CCCc3ccccc32)c1. The molecule has 0 aromatic heterocycles. The highest BCUT2D eigenvalue weighted by Gasteiger charge is 2.27. The quantitative estimate of drug-likeness (QED) is 0.809. The Bertz CT molecular complexity index is 992. The first-order valence-corrected chi connectivity index (χ1v) is 10.3. The van der Waals surface area contributed by atoms with Gasteiger partial charge in [0.2, 0.25) is 10.0 Å². The number of sulfonamides is 1. The zero-order valence-electron chi connectivity index (χ0n) is 15.2. The fourth-order valence-corrected chi connectivity index (χ4v) is 4.47. The van der Waals surface area contributed by atoms with Crippen LogP contribution in [0, 0.1) is 12.3 Å². The van der Waals surface area contributed by atoms with Crippen molar-refractivity contribution in [2.45, 2.75) is 30.2 Å². The lowest BCUT2D eigenvalue weighted by atomic mass is 9.87. The molecule has 1 N–H and O–H groups in total. The van der Waals surface area contributed by atoms with Crippen LogP contribution in [0.1, 0.15) is 40.4 Å². The minimum atomic E-state index is -3.74. The molecule has 0 aliphatic heterocycles. The highest BCUT2D eigenvalue weighted by Crippen LogP contribution is 2.34. The van der Waals surface area contributed by atoms with E-state index in [1.54, 1.807) is 24.1 Å². The van der Waals surface area contributed by atoms with Gasteiger partial charge in [-0.05, 0) is 48.6 Å². The van der Waals surface area contributed by atoms with Crippen LogP contribution in [0.2, 0.25) is 0 Å². The molecule has 1 atom stereocenters. The summed E-state index contributed by atoms with van der Waals surface area (Å²) in [5.41, 5.74) is 2.77. The van der Waals surface area contributed by atoms with E-state index in [9.17, 15) is 13.2 Å². The van der Waals surface area contributed by atoms with E-state index in [0.717, 1.165) is 19.3 Å². The lowest BCUT2D eigenvalue weighted by Crippen LogP contribution is -2.33. The van der Waals surface area contributed by atoms with Crippen LogP contribution in [0.15, 0.2) is 53.4 Å². The van der Waals surface area contributed by atoms with Crippen molar-refractivity contribution >= 4 is 15.9 Å². The number of hydrogen-bond donors (Lipinski definition) is 1. The van der Waals surface area contributed by atoms with Crippen molar-refractivity contribution in [1.29, 1.82) is 0 Å². The van der Waals surface area contributed by atoms with Crippen LogP contribution in [0.5, 0.6) is 0 Å². The van der Waals surface area contributed by atoms with Crippen LogP contribution in [0.4, 0.5) is 0 Å². The van der Waals surface area contributed by atoms with Crippen molar-refractivity contribution in [1.82, 2.24) is 9.62 Å². The number of nitrogens with zero attached hydrogens (tertiary/aromatic N) is 1. The Hall–Kier alpha value is -2.62. The Morgan fingerprint density at radius 1 is 1.26 bits per heavy atom. The third-order valence-corrected chi connectivity index (χ3v) is 6.28. The summed E-state index contributed by atoms with van der Waals surface area (Å²) >= 11 is 0. The maximum absolute atomic E-state index is 13.0. The molecule has 0 fully saturated rings. The van der Waals surface area contributed by atoms with E-state index in [1.807, 2.05) is 12.1 Å². The van der Waals surface area contributed by atoms with Crippen molar-refractivity contribution in [3.63, 3.8) is 0 Å². The number of aryl methyl sites for hydroxylation is 1. The van der Waals surface area contributed by atoms with Crippen LogP contribution in [0.3, 0.4) is 0 Å². The van der Waals surface area contributed by atoms with Gasteiger partial charge in [-0.2, -0.15) is 4.72 Å². The minimum absolute atomic E-state index is 0.0118. The maximum atomic E-state index is 13.0. The van der Waals surface area contributed by atoms with Gasteiger partial charge in [0.15, 0.2) is 0 Å². The largest absolute Gasteiger partial charge is 0.335 e. The molecular weight excluding hydrogens is 360 g/mol. The molecule has 1 unspecified atom stereocenters. The van der Waals surface area contributed by atoms with Crippen molar-refractivity contribution in [3.8, 4) is 12.3 Å². The lowest BCUT2D eigenvalue weighted by molar-refractivity contribution is 0.0715. The molecule has 0 heterocycles. The second-order valence-electron chi connectivity index (χ2n) is 6.58. The maximum Gasteiger partial charge on any atom is 0.254 e. The predicted octanol–water partition coefficient (Wildman–Crippen LogP) is 2.75. The Morgan fingerprint density at radius 2 is 2.04 bits per heavy atom. The summed E-state index contributed by atoms with van der Waals surface area (Å²) < 4.78 is 26.8. The van der Waals surface area contributed by atoms with Crippen LogP contribution >= 0.6 is 0 Å². The van der Waals surface area contributed by atoms with E-state index in [0.29, 0.717) is 5.56 Å². The molecule has 1 amide bonds. The summed E-state index contributed by atoms with van der Waals surface area (Å²) in [7, 11) is -1.97. The van der Waals surface area contributed by atoms with Gasteiger partial charge in [-0.1, -0.05) is 36.3 Å². The molecule has 6 heteroatoms. The number of rotatable bonds is 5. The summed E-state index contributed by atoms with van der Waals surface area (Å²) in [6.45, 7) is -0.0979. The second kappa shape index (κ2) is 7.95. The smallest absolute Gasteiger partial charge is 0.254 e. The number of carbonyl (C=O) groups excluding carboxylic acids is 1. The zero-order chi connectivity index (χ0) is 19.4. The lowest BCUT2D eigenvalue weighted by Gasteiger charge is -2.33. The first-order valence-electron chi connectivity index (χ1n) is 8.82. The van der Waals surface area contributed by atoms with Crippen molar-refractivity contribution in [2.75, 3.05) is 13.6 Å². The molecule has 3 rings (SSSR count). The third-order valence-electron chi connectivity index (χ3n) is 4.88. The summed E-state index contributed by atoms with van der Waals surface area (Å²) in [5.74, 6) is 2.03. The molecule has 2 aromatic rings. The van der Waals surface area contributed by atoms with Gasteiger partial charge in [0.05, 0.1) is 17.5 Å². The summed E-state index contributed by atoms with van der Waals surface area (Å²) in [6.07, 6.45) is 8.04. The van der Waals surface area contributed by atoms with Crippen molar-refractivity contribution in [3.05, 3.63) is 65.2 Å². The van der Waals surface area contributed by atoms with E-state index < -0.39 is 10.0 Å². The highest BCUT2D eigenvalue weighted by molar-refractivity contribution is 7.89. The number of fused-ring (bicyclic) bond motifs is 1. The van der Waals surface area contributed by atoms with Gasteiger partial charge >= 0.3 is 0 Å². The fraction of sp³-hybridized carbons (Fsp3) is 0.286. The average molecular weight is 382 g/mol. The molecule has 27 heavy (non-hydrogen) atoms. The summed E-state index contributed by atoms with van der Waals surface area (Å²) in [4.78, 5) is 14.8. The standard InChI is InChI=1S/C21H22N2O3S/c1-3-14-22-27(25,26)18-11-6-10-17(15-18)21(24)23(2)20-13-7-9-16-8-4-5-12-19(16)20/h1,4-6,8,10-12,15,20,22H,7,9,13-14H2,2H3. The number of hydrogen-bond acceptors (Lipinski definition) is 3. The first kappa shape index (κ1) is 19.2. The number of nitrogens with one attached hydrogen (secondary N) is 1. The number of carbonyl (C=O) groups is 1. The van der Waals surface area contributed by atoms with Gasteiger partial charge in [0.25, 0.3) is 5.91 Å². The molecule has 0 saturated heterocycles. The number of terminal acetylenes is 1. The number of amides is 1. The number of benzene rings is 2. The summed E-state index contributed by atoms with van der Waals surface area (Å²) in [5, 5.41) is 0. The normalized spacial score (nSPS) is 16.2. The molecule has 0 radical (unpaired) electrons. The van der Waals surface area contributed by atoms with Gasteiger partial charge in [0, 0.05) is 12.6 Å². The molecule has 1 aliphatic carbocycles. The molecule has 1 aliphatic rings. The fourth-order valence-electron chi connectivity index (χ4n) is 3.49. The molecule has 140 valence electrons. The van der Waals surface area contributed by atoms with Crippen molar-refractivity contribution in [2.24, 2.45) is 0 Å². The molecule has 2 aromatic carbocycles. The van der Waals surface area contributed by atoms with E-state index in [2.05, 4.69) is 22.8 Å². The molecular formula is C21H22N2O3S. The molecule has 0 bridgehead atoms. The van der Waals surface area contributed by atoms with E-state index in [-0.39, 0.29) is 23.4 Å². The van der Waals surface area contributed by atoms with Gasteiger partial charge < -0.3 is 4.90 Å². The first-order chi connectivity index (χ1) is 12.9. The Kier molecular flexibility index (Phi) is 5.64. The van der Waals surface area contributed by atoms with Gasteiger partial charge in [-0.15, -0.1) is 6.42 Å². The topological polar surface area (TPSA) is 66.5 Å². The van der Waals surface area contributed by atoms with Crippen LogP contribution in [-0.2, 0) is 16.4 Å². The summed E-state index contributed by atoms with van der Waals surface area (Å²) in [6, 6.07) is 14.2. The van der Waals surface area contributed by atoms with Gasteiger partial charge in [-0.3, -0.25) is 4.79 Å². The van der Waals surface area contributed by atoms with Crippen LogP contribution in [-0.4, -0.2) is 32.8 Å². The van der Waals surface area contributed by atoms with Crippen molar-refractivity contribution < 1.29 is 13.2 Å². The Balaban J connectivity index is 1.87.